The Morgan fingerprint density at radius 2 is 0.581 bits per heavy atom. The second kappa shape index (κ2) is 75.3. The number of hydrogen-bond donors (Lipinski definition) is 3. The summed E-state index contributed by atoms with van der Waals surface area (Å²) in [5, 5.41) is 23.3. The van der Waals surface area contributed by atoms with Crippen molar-refractivity contribution in [2.24, 2.45) is 0 Å². The Morgan fingerprint density at radius 1 is 0.326 bits per heavy atom. The number of aliphatic hydroxyl groups is 2. The second-order valence-electron chi connectivity index (χ2n) is 26.7. The Balaban J connectivity index is 3.42. The molecule has 86 heavy (non-hydrogen) atoms. The van der Waals surface area contributed by atoms with E-state index in [1.165, 1.54) is 347 Å². The van der Waals surface area contributed by atoms with Crippen molar-refractivity contribution in [2.45, 2.75) is 437 Å². The van der Waals surface area contributed by atoms with Gasteiger partial charge in [-0.25, -0.2) is 0 Å². The average Bonchev–Trinajstić information content (AvgIpc) is 3.55. The van der Waals surface area contributed by atoms with Gasteiger partial charge in [0.1, 0.15) is 0 Å². The molecule has 0 spiro atoms. The fourth-order valence-corrected chi connectivity index (χ4v) is 12.1. The molecule has 6 nitrogen and oxygen atoms in total. The Morgan fingerprint density at radius 3 is 0.907 bits per heavy atom. The molecular weight excluding hydrogens is 1050 g/mol. The van der Waals surface area contributed by atoms with Gasteiger partial charge in [0.15, 0.2) is 0 Å². The molecule has 0 aliphatic rings. The van der Waals surface area contributed by atoms with Crippen molar-refractivity contribution in [2.75, 3.05) is 13.2 Å². The van der Waals surface area contributed by atoms with Gasteiger partial charge < -0.3 is 20.3 Å². The number of allylic oxidation sites excluding steroid dienone is 7. The molecule has 506 valence electrons. The molecule has 0 bridgehead atoms. The molecule has 2 unspecified atom stereocenters. The molecule has 0 radical (unpaired) electrons. The average molecular weight is 1210 g/mol. The van der Waals surface area contributed by atoms with Crippen LogP contribution in [0.3, 0.4) is 0 Å². The van der Waals surface area contributed by atoms with Crippen molar-refractivity contribution in [3.8, 4) is 0 Å². The van der Waals surface area contributed by atoms with Crippen molar-refractivity contribution in [1.82, 2.24) is 5.32 Å². The molecule has 0 fully saturated rings. The molecule has 0 heterocycles. The highest BCUT2D eigenvalue weighted by atomic mass is 16.5. The van der Waals surface area contributed by atoms with Gasteiger partial charge in [-0.3, -0.25) is 9.59 Å². The molecule has 3 N–H and O–H groups in total. The van der Waals surface area contributed by atoms with Crippen molar-refractivity contribution >= 4 is 11.9 Å². The van der Waals surface area contributed by atoms with E-state index >= 15 is 0 Å². The fourth-order valence-electron chi connectivity index (χ4n) is 12.1. The first-order valence-corrected chi connectivity index (χ1v) is 38.9. The zero-order valence-corrected chi connectivity index (χ0v) is 58.1. The van der Waals surface area contributed by atoms with Gasteiger partial charge in [-0.2, -0.15) is 0 Å². The third-order valence-electron chi connectivity index (χ3n) is 18.1. The maximum absolute atomic E-state index is 12.6. The van der Waals surface area contributed by atoms with Crippen molar-refractivity contribution in [1.29, 1.82) is 0 Å². The fraction of sp³-hybridized carbons (Fsp3) is 0.875. The Hall–Kier alpha value is -2.18. The predicted octanol–water partition coefficient (Wildman–Crippen LogP) is 25.6. The van der Waals surface area contributed by atoms with Crippen LogP contribution in [0, 0.1) is 0 Å². The van der Waals surface area contributed by atoms with Gasteiger partial charge in [0, 0.05) is 12.8 Å². The summed E-state index contributed by atoms with van der Waals surface area (Å²) in [5.41, 5.74) is 0. The number of carbonyl (C=O) groups excluding carboxylic acids is 2. The largest absolute Gasteiger partial charge is 0.466 e. The van der Waals surface area contributed by atoms with E-state index in [0.717, 1.165) is 51.4 Å². The minimum Gasteiger partial charge on any atom is -0.466 e. The summed E-state index contributed by atoms with van der Waals surface area (Å²) in [6.07, 6.45) is 99.4. The monoisotopic (exact) mass is 1210 g/mol. The highest BCUT2D eigenvalue weighted by Crippen LogP contribution is 2.19. The lowest BCUT2D eigenvalue weighted by Gasteiger charge is -2.20. The molecule has 0 saturated carbocycles. The first-order chi connectivity index (χ1) is 42.5. The molecule has 0 aliphatic heterocycles. The van der Waals surface area contributed by atoms with Crippen LogP contribution in [-0.4, -0.2) is 47.4 Å². The van der Waals surface area contributed by atoms with E-state index in [1.54, 1.807) is 6.08 Å². The van der Waals surface area contributed by atoms with E-state index in [-0.39, 0.29) is 18.5 Å². The van der Waals surface area contributed by atoms with E-state index in [4.69, 9.17) is 4.74 Å². The number of hydrogen-bond acceptors (Lipinski definition) is 5. The summed E-state index contributed by atoms with van der Waals surface area (Å²) in [7, 11) is 0. The summed E-state index contributed by atoms with van der Waals surface area (Å²) in [6, 6.07) is -0.630. The first kappa shape index (κ1) is 83.8. The van der Waals surface area contributed by atoms with Gasteiger partial charge in [0.05, 0.1) is 25.4 Å². The normalized spacial score (nSPS) is 12.7. The number of rotatable bonds is 73. The number of amides is 1. The highest BCUT2D eigenvalue weighted by Gasteiger charge is 2.18. The Bertz CT molecular complexity index is 1440. The molecular formula is C80H151NO5. The number of nitrogens with one attached hydrogen (secondary N) is 1. The SMILES string of the molecule is CCCCCC/C=C\CCCCCCCC(=O)OCCCCCCCCCCC/C=C\C/C=C\CCCCCCCCCCCCCCCCCC(=O)NC(CO)C(O)/C=C/CCCCCCCCCCCCCCCCCCCCCCCCC. The van der Waals surface area contributed by atoms with Crippen LogP contribution < -0.4 is 5.32 Å². The lowest BCUT2D eigenvalue weighted by atomic mass is 10.0. The molecule has 0 saturated heterocycles. The number of ether oxygens (including phenoxy) is 1. The van der Waals surface area contributed by atoms with Gasteiger partial charge in [-0.15, -0.1) is 0 Å². The highest BCUT2D eigenvalue weighted by molar-refractivity contribution is 5.76. The van der Waals surface area contributed by atoms with Gasteiger partial charge in [-0.1, -0.05) is 371 Å². The topological polar surface area (TPSA) is 95.9 Å². The van der Waals surface area contributed by atoms with Gasteiger partial charge >= 0.3 is 5.97 Å². The van der Waals surface area contributed by atoms with E-state index in [0.29, 0.717) is 19.4 Å². The minimum atomic E-state index is -0.846. The lowest BCUT2D eigenvalue weighted by Crippen LogP contribution is -2.45. The Kier molecular flexibility index (Phi) is 73.4. The molecule has 2 atom stereocenters. The van der Waals surface area contributed by atoms with E-state index in [2.05, 4.69) is 55.6 Å². The zero-order chi connectivity index (χ0) is 62.0. The van der Waals surface area contributed by atoms with Crippen LogP contribution in [0.5, 0.6) is 0 Å². The van der Waals surface area contributed by atoms with Crippen LogP contribution in [0.1, 0.15) is 425 Å². The zero-order valence-electron chi connectivity index (χ0n) is 58.1. The molecule has 0 rings (SSSR count). The number of esters is 1. The maximum atomic E-state index is 12.6. The van der Waals surface area contributed by atoms with Crippen LogP contribution in [-0.2, 0) is 14.3 Å². The second-order valence-corrected chi connectivity index (χ2v) is 26.7. The van der Waals surface area contributed by atoms with Crippen LogP contribution in [0.25, 0.3) is 0 Å². The third kappa shape index (κ3) is 70.9. The molecule has 0 aromatic rings. The van der Waals surface area contributed by atoms with Crippen LogP contribution in [0.15, 0.2) is 48.6 Å². The summed E-state index contributed by atoms with van der Waals surface area (Å²) >= 11 is 0. The van der Waals surface area contributed by atoms with Crippen molar-refractivity contribution in [3.63, 3.8) is 0 Å². The molecule has 0 aliphatic carbocycles. The van der Waals surface area contributed by atoms with E-state index < -0.39 is 12.1 Å². The summed E-state index contributed by atoms with van der Waals surface area (Å²) < 4.78 is 5.48. The van der Waals surface area contributed by atoms with Crippen LogP contribution >= 0.6 is 0 Å². The smallest absolute Gasteiger partial charge is 0.305 e. The summed E-state index contributed by atoms with van der Waals surface area (Å²) in [4.78, 5) is 24.6. The summed E-state index contributed by atoms with van der Waals surface area (Å²) in [6.45, 7) is 4.92. The first-order valence-electron chi connectivity index (χ1n) is 38.9. The maximum Gasteiger partial charge on any atom is 0.305 e. The lowest BCUT2D eigenvalue weighted by molar-refractivity contribution is -0.143. The van der Waals surface area contributed by atoms with E-state index in [1.807, 2.05) is 6.08 Å². The quantitative estimate of drug-likeness (QED) is 0.0320. The summed E-state index contributed by atoms with van der Waals surface area (Å²) in [5.74, 6) is -0.0589. The van der Waals surface area contributed by atoms with Crippen LogP contribution in [0.2, 0.25) is 0 Å². The molecule has 1 amide bonds. The minimum absolute atomic E-state index is 0.00397. The Labute approximate surface area is 537 Å². The number of carbonyl (C=O) groups is 2. The standard InChI is InChI=1S/C80H151NO5/c1-3-5-7-9-11-13-15-17-18-19-20-21-22-30-33-36-39-42-45-49-52-56-60-64-68-72-78(83)77(76-82)81-79(84)73-69-65-61-57-53-50-46-43-40-37-34-31-28-26-24-23-25-27-29-32-35-38-41-44-47-51-55-59-63-67-71-75-86-80(85)74-70-66-62-58-54-48-16-14-12-10-8-6-4-2/h14,16,25,27,32,35,68,72,77-78,82-83H,3-13,15,17-24,26,28-31,33-34,36-67,69-71,73-76H2,1-2H3,(H,81,84)/b16-14-,27-25-,35-32-,72-68+. The predicted molar refractivity (Wildman–Crippen MR) is 379 cm³/mol. The van der Waals surface area contributed by atoms with Crippen molar-refractivity contribution in [3.05, 3.63) is 48.6 Å². The van der Waals surface area contributed by atoms with E-state index in [9.17, 15) is 19.8 Å². The molecule has 6 heteroatoms. The molecule has 0 aromatic carbocycles. The molecule has 0 aromatic heterocycles. The van der Waals surface area contributed by atoms with Crippen molar-refractivity contribution < 1.29 is 24.5 Å². The number of aliphatic hydroxyl groups excluding tert-OH is 2. The number of unbranched alkanes of at least 4 members (excludes halogenated alkanes) is 56. The van der Waals surface area contributed by atoms with Gasteiger partial charge in [-0.05, 0) is 89.9 Å². The van der Waals surface area contributed by atoms with Crippen LogP contribution in [0.4, 0.5) is 0 Å². The van der Waals surface area contributed by atoms with Gasteiger partial charge in [0.25, 0.3) is 0 Å². The van der Waals surface area contributed by atoms with Gasteiger partial charge in [0.2, 0.25) is 5.91 Å². The third-order valence-corrected chi connectivity index (χ3v) is 18.1.